The molecule has 5 heterocycles. The van der Waals surface area contributed by atoms with E-state index in [1.54, 1.807) is 0 Å². The highest BCUT2D eigenvalue weighted by atomic mass is 35.5. The van der Waals surface area contributed by atoms with Crippen LogP contribution in [0.5, 0.6) is 0 Å². The maximum atomic E-state index is 14.0. The summed E-state index contributed by atoms with van der Waals surface area (Å²) in [4.78, 5) is 29.0. The van der Waals surface area contributed by atoms with Gasteiger partial charge in [0.05, 0.1) is 30.9 Å². The molecule has 5 aliphatic heterocycles. The van der Waals surface area contributed by atoms with Crippen molar-refractivity contribution in [1.82, 2.24) is 15.5 Å². The summed E-state index contributed by atoms with van der Waals surface area (Å²) >= 11 is 0. The van der Waals surface area contributed by atoms with Gasteiger partial charge in [-0.3, -0.25) is 14.2 Å². The average molecular weight is 693 g/mol. The second-order valence-corrected chi connectivity index (χ2v) is 15.0. The van der Waals surface area contributed by atoms with Crippen LogP contribution in [0.1, 0.15) is 150 Å². The predicted octanol–water partition coefficient (Wildman–Crippen LogP) is 3.54. The molecular weight excluding hydrogens is 628 g/mol. The Balaban J connectivity index is 0.00000520. The van der Waals surface area contributed by atoms with Gasteiger partial charge in [0.15, 0.2) is 11.6 Å². The zero-order chi connectivity index (χ0) is 33.3. The maximum absolute atomic E-state index is 14.0. The lowest BCUT2D eigenvalue weighted by atomic mass is 9.80. The minimum atomic E-state index is -0.778. The van der Waals surface area contributed by atoms with Crippen molar-refractivity contribution in [2.24, 2.45) is 5.92 Å². The van der Waals surface area contributed by atoms with E-state index in [-0.39, 0.29) is 42.5 Å². The predicted molar refractivity (Wildman–Crippen MR) is 185 cm³/mol. The molecule has 10 heteroatoms. The molecule has 5 aliphatic rings. The fraction of sp³-hybridized carbons (Fsp3) is 0.868. The van der Waals surface area contributed by atoms with E-state index in [2.05, 4.69) is 60.0 Å². The van der Waals surface area contributed by atoms with Gasteiger partial charge in [-0.15, -0.1) is 0 Å². The number of hydrogen-bond donors (Lipinski definition) is 2. The van der Waals surface area contributed by atoms with Crippen LogP contribution >= 0.6 is 0 Å². The Morgan fingerprint density at radius 3 is 2.52 bits per heavy atom. The summed E-state index contributed by atoms with van der Waals surface area (Å²) in [5, 5.41) is 7.64. The van der Waals surface area contributed by atoms with Crippen LogP contribution in [0.3, 0.4) is 0 Å². The van der Waals surface area contributed by atoms with Crippen molar-refractivity contribution < 1.29 is 40.8 Å². The molecular formula is C38H65ClN4O5. The molecule has 274 valence electrons. The standard InChI is InChI=1S/C38H64N4O5.ClH/c1-5-8-15-26-41(25-9-6-2)33(43)20-12-10-11-16-27-45-35(44)34-32-22-21-30-28-37(23-14-13-19-31(7-3)47-37)39-36(42(30)32)40-38(34)24-17-18-29(4)46-38;/h13,19,29-32,34H,5-12,14-18,20-28H2,1-4H3,(H,39,40);1H/t29-,30+,31+,32-,34-,37+,38-;/m1./s1. The van der Waals surface area contributed by atoms with E-state index < -0.39 is 11.4 Å². The van der Waals surface area contributed by atoms with Crippen molar-refractivity contribution in [3.8, 4) is 0 Å². The van der Waals surface area contributed by atoms with E-state index in [0.717, 1.165) is 122 Å². The Hall–Kier alpha value is -1.84. The average Bonchev–Trinajstić information content (AvgIpc) is 3.36. The number of carbonyl (C=O) groups is 2. The van der Waals surface area contributed by atoms with Crippen LogP contribution in [0.25, 0.3) is 0 Å². The van der Waals surface area contributed by atoms with E-state index in [1.165, 1.54) is 12.8 Å². The molecule has 9 nitrogen and oxygen atoms in total. The fourth-order valence-corrected chi connectivity index (χ4v) is 8.81. The van der Waals surface area contributed by atoms with Gasteiger partial charge in [-0.25, -0.2) is 10.6 Å². The first-order valence-electron chi connectivity index (χ1n) is 19.5. The molecule has 2 spiro atoms. The third-order valence-electron chi connectivity index (χ3n) is 11.3. The Kier molecular flexibility index (Phi) is 14.9. The molecule has 0 saturated carbocycles. The van der Waals surface area contributed by atoms with E-state index in [4.69, 9.17) is 14.2 Å². The molecule has 0 radical (unpaired) electrons. The van der Waals surface area contributed by atoms with Crippen LogP contribution in [-0.2, 0) is 23.8 Å². The number of halogens is 1. The molecule has 0 aliphatic carbocycles. The number of carbonyl (C=O) groups excluding carboxylic acids is 2. The van der Waals surface area contributed by atoms with Gasteiger partial charge in [0, 0.05) is 38.8 Å². The summed E-state index contributed by atoms with van der Waals surface area (Å²) in [6.07, 6.45) is 23.2. The van der Waals surface area contributed by atoms with E-state index in [0.29, 0.717) is 25.0 Å². The topological polar surface area (TPSA) is 92.1 Å². The molecule has 2 N–H and O–H groups in total. The number of hydrogen-bond acceptors (Lipinski definition) is 7. The van der Waals surface area contributed by atoms with Gasteiger partial charge in [0.2, 0.25) is 11.6 Å². The Labute approximate surface area is 296 Å². The lowest BCUT2D eigenvalue weighted by Crippen LogP contribution is -3.00. The fourth-order valence-electron chi connectivity index (χ4n) is 8.81. The third kappa shape index (κ3) is 9.28. The summed E-state index contributed by atoms with van der Waals surface area (Å²) in [5.41, 5.74) is -1.19. The smallest absolute Gasteiger partial charge is 0.350 e. The zero-order valence-corrected chi connectivity index (χ0v) is 31.2. The van der Waals surface area contributed by atoms with E-state index in [9.17, 15) is 9.59 Å². The lowest BCUT2D eigenvalue weighted by molar-refractivity contribution is -0.609. The summed E-state index contributed by atoms with van der Waals surface area (Å²) in [5.74, 6) is 0.766. The normalized spacial score (nSPS) is 32.2. The number of rotatable bonds is 16. The minimum absolute atomic E-state index is 0. The first-order valence-corrected chi connectivity index (χ1v) is 19.5. The van der Waals surface area contributed by atoms with Crippen LogP contribution < -0.4 is 23.0 Å². The summed E-state index contributed by atoms with van der Waals surface area (Å²) in [7, 11) is 0. The number of nitrogens with zero attached hydrogens (tertiary/aromatic N) is 2. The first-order chi connectivity index (χ1) is 22.8. The molecule has 0 aromatic heterocycles. The highest BCUT2D eigenvalue weighted by Crippen LogP contribution is 2.45. The number of guanidine groups is 1. The minimum Gasteiger partial charge on any atom is -1.00 e. The van der Waals surface area contributed by atoms with Crippen LogP contribution in [0.15, 0.2) is 12.2 Å². The summed E-state index contributed by atoms with van der Waals surface area (Å²) in [6, 6.07) is 0.365. The molecule has 48 heavy (non-hydrogen) atoms. The number of amides is 1. The summed E-state index contributed by atoms with van der Waals surface area (Å²) in [6.45, 7) is 10.9. The van der Waals surface area contributed by atoms with Crippen molar-refractivity contribution in [1.29, 1.82) is 0 Å². The Morgan fingerprint density at radius 1 is 0.958 bits per heavy atom. The van der Waals surface area contributed by atoms with Gasteiger partial charge in [-0.2, -0.15) is 0 Å². The van der Waals surface area contributed by atoms with Crippen LogP contribution in [0.4, 0.5) is 0 Å². The molecule has 1 amide bonds. The monoisotopic (exact) mass is 692 g/mol. The number of allylic oxidation sites excluding steroid dienone is 1. The Morgan fingerprint density at radius 2 is 1.75 bits per heavy atom. The van der Waals surface area contributed by atoms with Gasteiger partial charge in [0.1, 0.15) is 0 Å². The van der Waals surface area contributed by atoms with Gasteiger partial charge >= 0.3 is 11.9 Å². The second kappa shape index (κ2) is 18.4. The molecule has 7 atom stereocenters. The van der Waals surface area contributed by atoms with Crippen molar-refractivity contribution >= 4 is 17.8 Å². The quantitative estimate of drug-likeness (QED) is 0.111. The van der Waals surface area contributed by atoms with Crippen molar-refractivity contribution in [2.45, 2.75) is 185 Å². The van der Waals surface area contributed by atoms with Crippen LogP contribution in [0, 0.1) is 5.92 Å². The SMILES string of the molecule is CCCCCN(CCCC)C(=O)CCCCCCOC(=O)[C@H]1[C@H]2CC[C@H]3C[C@@]4(CCC=C[C@H](CC)O4)NC(=[N+]32)N[C@@]12CCC[C@@H](C)O2.[Cl-]. The largest absolute Gasteiger partial charge is 1.00 e. The van der Waals surface area contributed by atoms with E-state index in [1.807, 2.05) is 0 Å². The van der Waals surface area contributed by atoms with Crippen molar-refractivity contribution in [3.05, 3.63) is 12.2 Å². The van der Waals surface area contributed by atoms with Crippen LogP contribution in [-0.4, -0.2) is 82.7 Å². The number of nitrogens with one attached hydrogen (secondary N) is 2. The molecule has 0 unspecified atom stereocenters. The third-order valence-corrected chi connectivity index (χ3v) is 11.3. The number of esters is 1. The molecule has 0 bridgehead atoms. The van der Waals surface area contributed by atoms with Gasteiger partial charge < -0.3 is 31.5 Å². The van der Waals surface area contributed by atoms with Crippen molar-refractivity contribution in [2.75, 3.05) is 19.7 Å². The highest BCUT2D eigenvalue weighted by molar-refractivity contribution is 5.82. The van der Waals surface area contributed by atoms with Gasteiger partial charge in [-0.1, -0.05) is 65.0 Å². The molecule has 0 aromatic rings. The zero-order valence-electron chi connectivity index (χ0n) is 30.4. The van der Waals surface area contributed by atoms with Crippen LogP contribution in [0.2, 0.25) is 0 Å². The van der Waals surface area contributed by atoms with Gasteiger partial charge in [-0.05, 0) is 71.1 Å². The first kappa shape index (κ1) is 39.0. The second-order valence-electron chi connectivity index (χ2n) is 15.0. The van der Waals surface area contributed by atoms with Gasteiger partial charge in [0.25, 0.3) is 0 Å². The number of ether oxygens (including phenoxy) is 3. The summed E-state index contributed by atoms with van der Waals surface area (Å²) < 4.78 is 22.0. The molecule has 0 aromatic carbocycles. The highest BCUT2D eigenvalue weighted by Gasteiger charge is 2.64. The molecule has 2 fully saturated rings. The number of unbranched alkanes of at least 4 members (excludes halogenated alkanes) is 6. The van der Waals surface area contributed by atoms with E-state index >= 15 is 0 Å². The Bertz CT molecular complexity index is 1120. The molecule has 2 saturated heterocycles. The lowest BCUT2D eigenvalue weighted by Gasteiger charge is -2.50. The maximum Gasteiger partial charge on any atom is 0.350 e. The van der Waals surface area contributed by atoms with Crippen molar-refractivity contribution in [3.63, 3.8) is 0 Å². The molecule has 5 rings (SSSR count).